The first kappa shape index (κ1) is 16.5. The molecule has 2 aromatic carbocycles. The number of Topliss-reactive ketones (excluding diaryl/α,β-unsaturated/α-hetero) is 1. The summed E-state index contributed by atoms with van der Waals surface area (Å²) >= 11 is 0. The van der Waals surface area contributed by atoms with Crippen LogP contribution in [0.5, 0.6) is 5.75 Å². The van der Waals surface area contributed by atoms with Gasteiger partial charge in [0.15, 0.2) is 5.78 Å². The molecule has 1 unspecified atom stereocenters. The molecular weight excluding hydrogens is 302 g/mol. The minimum Gasteiger partial charge on any atom is -0.494 e. The van der Waals surface area contributed by atoms with Crippen LogP contribution in [0.2, 0.25) is 0 Å². The van der Waals surface area contributed by atoms with Crippen LogP contribution in [-0.4, -0.2) is 23.6 Å². The number of benzene rings is 2. The van der Waals surface area contributed by atoms with Crippen molar-refractivity contribution in [2.45, 2.75) is 38.6 Å². The van der Waals surface area contributed by atoms with Gasteiger partial charge in [0.1, 0.15) is 5.75 Å². The molecule has 0 aromatic heterocycles. The van der Waals surface area contributed by atoms with Gasteiger partial charge in [0.05, 0.1) is 18.3 Å². The Hall–Kier alpha value is -2.33. The summed E-state index contributed by atoms with van der Waals surface area (Å²) in [5.74, 6) is 0.756. The van der Waals surface area contributed by atoms with Gasteiger partial charge < -0.3 is 4.74 Å². The number of unbranched alkanes of at least 4 members (excludes halogenated alkanes) is 1. The number of aryl methyl sites for hydroxylation is 1. The number of nitrogens with zero attached hydrogens (tertiary/aromatic N) is 1. The van der Waals surface area contributed by atoms with Crippen molar-refractivity contribution in [1.82, 2.24) is 0 Å². The van der Waals surface area contributed by atoms with Crippen LogP contribution in [0.25, 0.3) is 0 Å². The van der Waals surface area contributed by atoms with E-state index in [0.717, 1.165) is 19.3 Å². The molecular formula is C20H23NO3. The van der Waals surface area contributed by atoms with Gasteiger partial charge in [-0.05, 0) is 43.9 Å². The molecule has 0 spiro atoms. The molecule has 3 rings (SSSR count). The molecule has 1 N–H and O–H groups in total. The number of anilines is 1. The van der Waals surface area contributed by atoms with Crippen molar-refractivity contribution in [2.24, 2.45) is 0 Å². The third-order valence-corrected chi connectivity index (χ3v) is 4.39. The molecule has 0 radical (unpaired) electrons. The van der Waals surface area contributed by atoms with Gasteiger partial charge in [-0.2, -0.15) is 0 Å². The summed E-state index contributed by atoms with van der Waals surface area (Å²) in [6.07, 6.45) is 3.41. The van der Waals surface area contributed by atoms with Crippen molar-refractivity contribution >= 4 is 11.5 Å². The molecule has 4 heteroatoms. The first-order valence-corrected chi connectivity index (χ1v) is 8.47. The standard InChI is InChI=1S/C20H23NO3/c1-15-13-20(22)18-11-10-17(14-19(18)21(15)23)24-12-6-5-9-16-7-3-2-4-8-16/h2-4,7-8,10-11,14-15,23H,5-6,9,12-13H2,1H3. The van der Waals surface area contributed by atoms with Gasteiger partial charge in [0.2, 0.25) is 0 Å². The maximum atomic E-state index is 12.0. The van der Waals surface area contributed by atoms with Crippen LogP contribution in [0.1, 0.15) is 42.1 Å². The highest BCUT2D eigenvalue weighted by molar-refractivity contribution is 6.03. The van der Waals surface area contributed by atoms with Gasteiger partial charge >= 0.3 is 0 Å². The summed E-state index contributed by atoms with van der Waals surface area (Å²) in [7, 11) is 0. The van der Waals surface area contributed by atoms with Gasteiger partial charge in [-0.15, -0.1) is 0 Å². The number of rotatable bonds is 6. The second kappa shape index (κ2) is 7.49. The van der Waals surface area contributed by atoms with Crippen molar-refractivity contribution < 1.29 is 14.7 Å². The lowest BCUT2D eigenvalue weighted by Crippen LogP contribution is -2.36. The van der Waals surface area contributed by atoms with Crippen molar-refractivity contribution in [2.75, 3.05) is 11.7 Å². The Morgan fingerprint density at radius 2 is 1.96 bits per heavy atom. The van der Waals surface area contributed by atoms with Crippen LogP contribution in [-0.2, 0) is 6.42 Å². The number of ether oxygens (including phenoxy) is 1. The van der Waals surface area contributed by atoms with Gasteiger partial charge in [-0.1, -0.05) is 30.3 Å². The summed E-state index contributed by atoms with van der Waals surface area (Å²) in [5.41, 5.74) is 2.45. The maximum Gasteiger partial charge on any atom is 0.167 e. The lowest BCUT2D eigenvalue weighted by Gasteiger charge is -2.30. The summed E-state index contributed by atoms with van der Waals surface area (Å²) in [6, 6.07) is 15.5. The Balaban J connectivity index is 1.52. The highest BCUT2D eigenvalue weighted by atomic mass is 16.5. The normalized spacial score (nSPS) is 16.8. The molecule has 2 aromatic rings. The molecule has 0 amide bonds. The Labute approximate surface area is 142 Å². The predicted octanol–water partition coefficient (Wildman–Crippen LogP) is 4.26. The van der Waals surface area contributed by atoms with Gasteiger partial charge in [-0.3, -0.25) is 15.1 Å². The van der Waals surface area contributed by atoms with E-state index in [1.807, 2.05) is 13.0 Å². The molecule has 1 aliphatic rings. The fourth-order valence-electron chi connectivity index (χ4n) is 2.99. The summed E-state index contributed by atoms with van der Waals surface area (Å²) in [6.45, 7) is 2.46. The quantitative estimate of drug-likeness (QED) is 0.806. The fourth-order valence-corrected chi connectivity index (χ4v) is 2.99. The van der Waals surface area contributed by atoms with Crippen LogP contribution in [0.3, 0.4) is 0 Å². The van der Waals surface area contributed by atoms with Crippen molar-refractivity contribution in [3.05, 3.63) is 59.7 Å². The lowest BCUT2D eigenvalue weighted by atomic mass is 9.97. The maximum absolute atomic E-state index is 12.0. The van der Waals surface area contributed by atoms with Crippen molar-refractivity contribution in [1.29, 1.82) is 0 Å². The van der Waals surface area contributed by atoms with Crippen molar-refractivity contribution in [3.63, 3.8) is 0 Å². The topological polar surface area (TPSA) is 49.8 Å². The number of hydrogen-bond donors (Lipinski definition) is 1. The van der Waals surface area contributed by atoms with Crippen LogP contribution < -0.4 is 9.80 Å². The summed E-state index contributed by atoms with van der Waals surface area (Å²) in [5, 5.41) is 11.3. The number of hydroxylamine groups is 1. The second-order valence-corrected chi connectivity index (χ2v) is 6.29. The Morgan fingerprint density at radius 3 is 2.75 bits per heavy atom. The first-order chi connectivity index (χ1) is 11.6. The molecule has 126 valence electrons. The Bertz CT molecular complexity index is 699. The van der Waals surface area contributed by atoms with E-state index < -0.39 is 0 Å². The average Bonchev–Trinajstić information content (AvgIpc) is 2.60. The molecule has 1 aliphatic heterocycles. The zero-order valence-corrected chi connectivity index (χ0v) is 13.9. The minimum absolute atomic E-state index is 0.0669. The third-order valence-electron chi connectivity index (χ3n) is 4.39. The summed E-state index contributed by atoms with van der Waals surface area (Å²) in [4.78, 5) is 12.0. The monoisotopic (exact) mass is 325 g/mol. The zero-order valence-electron chi connectivity index (χ0n) is 13.9. The Kier molecular flexibility index (Phi) is 5.16. The molecule has 0 aliphatic carbocycles. The average molecular weight is 325 g/mol. The van der Waals surface area contributed by atoms with E-state index in [1.165, 1.54) is 10.6 Å². The molecule has 24 heavy (non-hydrogen) atoms. The lowest BCUT2D eigenvalue weighted by molar-refractivity contribution is 0.0933. The van der Waals surface area contributed by atoms with Crippen LogP contribution in [0.4, 0.5) is 5.69 Å². The SMILES string of the molecule is CC1CC(=O)c2ccc(OCCCCc3ccccc3)cc2N1O. The zero-order chi connectivity index (χ0) is 16.9. The molecule has 0 saturated carbocycles. The second-order valence-electron chi connectivity index (χ2n) is 6.29. The van der Waals surface area contributed by atoms with Gasteiger partial charge in [0, 0.05) is 18.1 Å². The number of carbonyl (C=O) groups is 1. The van der Waals surface area contributed by atoms with Crippen LogP contribution in [0, 0.1) is 0 Å². The largest absolute Gasteiger partial charge is 0.494 e. The predicted molar refractivity (Wildman–Crippen MR) is 94.0 cm³/mol. The molecule has 0 bridgehead atoms. The van der Waals surface area contributed by atoms with E-state index in [4.69, 9.17) is 4.74 Å². The summed E-state index contributed by atoms with van der Waals surface area (Å²) < 4.78 is 5.78. The molecule has 0 fully saturated rings. The smallest absolute Gasteiger partial charge is 0.167 e. The number of hydrogen-bond acceptors (Lipinski definition) is 4. The third kappa shape index (κ3) is 3.77. The number of ketones is 1. The minimum atomic E-state index is -0.203. The van der Waals surface area contributed by atoms with Crippen LogP contribution >= 0.6 is 0 Å². The fraction of sp³-hybridized carbons (Fsp3) is 0.350. The molecule has 1 heterocycles. The van der Waals surface area contributed by atoms with Crippen LogP contribution in [0.15, 0.2) is 48.5 Å². The van der Waals surface area contributed by atoms with Gasteiger partial charge in [-0.25, -0.2) is 0 Å². The van der Waals surface area contributed by atoms with E-state index >= 15 is 0 Å². The van der Waals surface area contributed by atoms with E-state index in [1.54, 1.807) is 18.2 Å². The Morgan fingerprint density at radius 1 is 1.17 bits per heavy atom. The van der Waals surface area contributed by atoms with Gasteiger partial charge in [0.25, 0.3) is 0 Å². The molecule has 4 nitrogen and oxygen atoms in total. The van der Waals surface area contributed by atoms with E-state index in [9.17, 15) is 10.0 Å². The van der Waals surface area contributed by atoms with E-state index in [0.29, 0.717) is 30.0 Å². The van der Waals surface area contributed by atoms with E-state index in [2.05, 4.69) is 24.3 Å². The number of carbonyl (C=O) groups excluding carboxylic acids is 1. The highest BCUT2D eigenvalue weighted by Crippen LogP contribution is 2.32. The molecule has 1 atom stereocenters. The van der Waals surface area contributed by atoms with Crippen molar-refractivity contribution in [3.8, 4) is 5.75 Å². The molecule has 0 saturated heterocycles. The highest BCUT2D eigenvalue weighted by Gasteiger charge is 2.28. The van der Waals surface area contributed by atoms with E-state index in [-0.39, 0.29) is 11.8 Å². The first-order valence-electron chi connectivity index (χ1n) is 8.47. The number of fused-ring (bicyclic) bond motifs is 1.